The molecule has 0 bridgehead atoms. The minimum atomic E-state index is -4.28. The summed E-state index contributed by atoms with van der Waals surface area (Å²) < 4.78 is 48.3. The van der Waals surface area contributed by atoms with E-state index in [4.69, 9.17) is 26.2 Å². The molecule has 1 aliphatic carbocycles. The van der Waals surface area contributed by atoms with Crippen LogP contribution in [0.15, 0.2) is 76.8 Å². The number of fused-ring (bicyclic) bond motifs is 1. The molecule has 4 nitrogen and oxygen atoms in total. The molecule has 2 aromatic carbocycles. The monoisotopic (exact) mass is 538 g/mol. The maximum Gasteiger partial charge on any atom is 0.392 e. The van der Waals surface area contributed by atoms with Gasteiger partial charge in [-0.25, -0.2) is 4.79 Å². The first-order valence-electron chi connectivity index (χ1n) is 11.3. The van der Waals surface area contributed by atoms with E-state index in [1.54, 1.807) is 6.07 Å². The number of ether oxygens (including phenoxy) is 2. The molecule has 0 spiro atoms. The third-order valence-corrected chi connectivity index (χ3v) is 6.94. The summed E-state index contributed by atoms with van der Waals surface area (Å²) in [5.41, 5.74) is 2.97. The van der Waals surface area contributed by atoms with Gasteiger partial charge < -0.3 is 14.6 Å². The van der Waals surface area contributed by atoms with Crippen LogP contribution in [0.5, 0.6) is 5.75 Å². The van der Waals surface area contributed by atoms with Gasteiger partial charge in [-0.05, 0) is 78.8 Å². The number of alkyl halides is 3. The van der Waals surface area contributed by atoms with Crippen molar-refractivity contribution in [1.82, 2.24) is 0 Å². The van der Waals surface area contributed by atoms with E-state index < -0.39 is 18.6 Å². The number of aliphatic carboxylic acids is 1. The van der Waals surface area contributed by atoms with Crippen LogP contribution in [0.3, 0.4) is 0 Å². The van der Waals surface area contributed by atoms with Gasteiger partial charge in [0.05, 0.1) is 11.4 Å². The highest BCUT2D eigenvalue weighted by Crippen LogP contribution is 2.41. The lowest BCUT2D eigenvalue weighted by molar-refractivity contribution is -0.139. The van der Waals surface area contributed by atoms with E-state index in [0.29, 0.717) is 10.8 Å². The summed E-state index contributed by atoms with van der Waals surface area (Å²) in [6.07, 6.45) is 3.67. The number of hydrogen-bond donors (Lipinski definition) is 1. The maximum atomic E-state index is 12.4. The van der Waals surface area contributed by atoms with Crippen molar-refractivity contribution in [3.8, 4) is 5.75 Å². The molecule has 9 heteroatoms. The van der Waals surface area contributed by atoms with Crippen molar-refractivity contribution < 1.29 is 32.5 Å². The first-order valence-corrected chi connectivity index (χ1v) is 12.5. The molecule has 0 fully saturated rings. The summed E-state index contributed by atoms with van der Waals surface area (Å²) in [5, 5.41) is 9.47. The molecule has 192 valence electrons. The number of hydrogen-bond acceptors (Lipinski definition) is 4. The van der Waals surface area contributed by atoms with Gasteiger partial charge in [-0.15, -0.1) is 0 Å². The Balaban J connectivity index is 1.70. The van der Waals surface area contributed by atoms with Crippen LogP contribution < -0.4 is 4.74 Å². The number of allylic oxidation sites excluding steroid dienone is 4. The quantitative estimate of drug-likeness (QED) is 0.232. The van der Waals surface area contributed by atoms with E-state index in [9.17, 15) is 18.0 Å². The number of halogens is 4. The predicted molar refractivity (Wildman–Crippen MR) is 135 cm³/mol. The van der Waals surface area contributed by atoms with E-state index in [1.807, 2.05) is 24.3 Å². The molecule has 1 N–H and O–H groups in total. The van der Waals surface area contributed by atoms with Gasteiger partial charge in [0.2, 0.25) is 0 Å². The third kappa shape index (κ3) is 8.38. The second kappa shape index (κ2) is 12.9. The second-order valence-corrected chi connectivity index (χ2v) is 9.58. The van der Waals surface area contributed by atoms with E-state index in [2.05, 4.69) is 6.58 Å². The highest BCUT2D eigenvalue weighted by atomic mass is 35.5. The van der Waals surface area contributed by atoms with Crippen LogP contribution in [0.2, 0.25) is 5.02 Å². The summed E-state index contributed by atoms with van der Waals surface area (Å²) in [4.78, 5) is 12.8. The SMILES string of the molecule is C=C/C=C(\C=C/CC(F)(F)F)OCc1ccc(Sc2ccc(OCC(=O)O)c3c2CCCC3)c(Cl)c1. The number of carboxylic acids is 1. The Labute approximate surface area is 217 Å². The molecule has 36 heavy (non-hydrogen) atoms. The van der Waals surface area contributed by atoms with Gasteiger partial charge >= 0.3 is 12.1 Å². The standard InChI is InChI=1S/C27H26ClF3O4S/c1-2-6-19(7-5-14-27(29,30)31)34-16-18-10-12-25(22(28)15-18)36-24-13-11-23(35-17-26(32)33)20-8-3-4-9-21(20)24/h2,5-7,10-13,15H,1,3-4,8-9,14,16-17H2,(H,32,33)/b7-5-,19-6+. The van der Waals surface area contributed by atoms with E-state index in [1.165, 1.54) is 30.0 Å². The van der Waals surface area contributed by atoms with Crippen LogP contribution in [-0.2, 0) is 29.0 Å². The lowest BCUT2D eigenvalue weighted by Crippen LogP contribution is -2.13. The molecule has 0 amide bonds. The van der Waals surface area contributed by atoms with Crippen LogP contribution in [0.4, 0.5) is 13.2 Å². The van der Waals surface area contributed by atoms with E-state index in [0.717, 1.165) is 58.2 Å². The van der Waals surface area contributed by atoms with Gasteiger partial charge in [0, 0.05) is 9.79 Å². The summed E-state index contributed by atoms with van der Waals surface area (Å²) in [6, 6.07) is 9.25. The molecule has 0 saturated heterocycles. The Bertz CT molecular complexity index is 1160. The molecule has 0 atom stereocenters. The summed E-state index contributed by atoms with van der Waals surface area (Å²) >= 11 is 8.08. The summed E-state index contributed by atoms with van der Waals surface area (Å²) in [6.45, 7) is 3.31. The minimum Gasteiger partial charge on any atom is -0.489 e. The topological polar surface area (TPSA) is 55.8 Å². The van der Waals surface area contributed by atoms with Crippen LogP contribution in [0.25, 0.3) is 0 Å². The highest BCUT2D eigenvalue weighted by molar-refractivity contribution is 7.99. The maximum absolute atomic E-state index is 12.4. The average molecular weight is 539 g/mol. The molecule has 0 saturated carbocycles. The Morgan fingerprint density at radius 3 is 2.53 bits per heavy atom. The van der Waals surface area contributed by atoms with E-state index >= 15 is 0 Å². The highest BCUT2D eigenvalue weighted by Gasteiger charge is 2.24. The molecule has 0 aromatic heterocycles. The van der Waals surface area contributed by atoms with Gasteiger partial charge in [-0.1, -0.05) is 48.2 Å². The molecule has 2 aromatic rings. The smallest absolute Gasteiger partial charge is 0.392 e. The van der Waals surface area contributed by atoms with Gasteiger partial charge in [-0.2, -0.15) is 13.2 Å². The molecule has 3 rings (SSSR count). The molecule has 0 heterocycles. The minimum absolute atomic E-state index is 0.131. The third-order valence-electron chi connectivity index (χ3n) is 5.34. The van der Waals surface area contributed by atoms with Gasteiger partial charge in [0.1, 0.15) is 18.1 Å². The summed E-state index contributed by atoms with van der Waals surface area (Å²) in [5.74, 6) is -0.137. The fraction of sp³-hybridized carbons (Fsp3) is 0.296. The van der Waals surface area contributed by atoms with Crippen LogP contribution in [0, 0.1) is 0 Å². The fourth-order valence-corrected chi connectivity index (χ4v) is 5.08. The largest absolute Gasteiger partial charge is 0.489 e. The number of carboxylic acid groups (broad SMARTS) is 1. The number of rotatable bonds is 11. The van der Waals surface area contributed by atoms with Crippen LogP contribution in [0.1, 0.15) is 36.0 Å². The normalized spacial score (nSPS) is 13.9. The van der Waals surface area contributed by atoms with Gasteiger partial charge in [0.25, 0.3) is 0 Å². The Kier molecular flexibility index (Phi) is 9.96. The predicted octanol–water partition coefficient (Wildman–Crippen LogP) is 7.93. The van der Waals surface area contributed by atoms with Crippen molar-refractivity contribution in [3.63, 3.8) is 0 Å². The van der Waals surface area contributed by atoms with Crippen LogP contribution >= 0.6 is 23.4 Å². The van der Waals surface area contributed by atoms with Crippen molar-refractivity contribution in [2.45, 2.75) is 54.7 Å². The first-order chi connectivity index (χ1) is 17.2. The van der Waals surface area contributed by atoms with Crippen molar-refractivity contribution in [3.05, 3.63) is 88.7 Å². The fourth-order valence-electron chi connectivity index (χ4n) is 3.75. The van der Waals surface area contributed by atoms with Crippen LogP contribution in [-0.4, -0.2) is 23.9 Å². The van der Waals surface area contributed by atoms with Crippen molar-refractivity contribution in [2.24, 2.45) is 0 Å². The van der Waals surface area contributed by atoms with Crippen molar-refractivity contribution in [1.29, 1.82) is 0 Å². The Hall–Kier alpha value is -2.84. The lowest BCUT2D eigenvalue weighted by atomic mass is 9.91. The molecular weight excluding hydrogens is 513 g/mol. The Morgan fingerprint density at radius 2 is 1.86 bits per heavy atom. The van der Waals surface area contributed by atoms with Crippen molar-refractivity contribution >= 4 is 29.3 Å². The van der Waals surface area contributed by atoms with Gasteiger partial charge in [0.15, 0.2) is 6.61 Å². The first kappa shape index (κ1) is 27.7. The zero-order chi connectivity index (χ0) is 26.1. The molecule has 1 aliphatic rings. The van der Waals surface area contributed by atoms with Crippen molar-refractivity contribution in [2.75, 3.05) is 6.61 Å². The molecule has 0 aliphatic heterocycles. The van der Waals surface area contributed by atoms with Gasteiger partial charge in [-0.3, -0.25) is 0 Å². The molecule has 0 unspecified atom stereocenters. The Morgan fingerprint density at radius 1 is 1.14 bits per heavy atom. The number of benzene rings is 2. The molecular formula is C27H26ClF3O4S. The average Bonchev–Trinajstić information content (AvgIpc) is 2.82. The lowest BCUT2D eigenvalue weighted by Gasteiger charge is -2.22. The second-order valence-electron chi connectivity index (χ2n) is 8.09. The molecule has 0 radical (unpaired) electrons. The van der Waals surface area contributed by atoms with E-state index in [-0.39, 0.29) is 19.0 Å². The zero-order valence-electron chi connectivity index (χ0n) is 19.4. The number of carbonyl (C=O) groups is 1. The summed E-state index contributed by atoms with van der Waals surface area (Å²) in [7, 11) is 0. The zero-order valence-corrected chi connectivity index (χ0v) is 21.0.